The summed E-state index contributed by atoms with van der Waals surface area (Å²) < 4.78 is 18.8. The van der Waals surface area contributed by atoms with Gasteiger partial charge < -0.3 is 10.1 Å². The van der Waals surface area contributed by atoms with Crippen molar-refractivity contribution in [1.82, 2.24) is 0 Å². The first-order valence-corrected chi connectivity index (χ1v) is 6.46. The molecule has 0 aliphatic carbocycles. The number of fused-ring (bicyclic) bond motifs is 1. The van der Waals surface area contributed by atoms with Gasteiger partial charge in [-0.05, 0) is 24.3 Å². The minimum atomic E-state index is -0.403. The summed E-state index contributed by atoms with van der Waals surface area (Å²) in [5.74, 6) is 0.455. The molecule has 20 heavy (non-hydrogen) atoms. The molecule has 1 aliphatic heterocycles. The molecule has 0 aromatic heterocycles. The van der Waals surface area contributed by atoms with Gasteiger partial charge in [-0.25, -0.2) is 4.39 Å². The number of rotatable bonds is 2. The Morgan fingerprint density at radius 2 is 2.10 bits per heavy atom. The van der Waals surface area contributed by atoms with Crippen molar-refractivity contribution in [2.45, 2.75) is 12.5 Å². The second-order valence-electron chi connectivity index (χ2n) is 4.67. The van der Waals surface area contributed by atoms with Crippen LogP contribution in [0.2, 0.25) is 0 Å². The number of benzene rings is 2. The summed E-state index contributed by atoms with van der Waals surface area (Å²) in [6, 6.07) is 14.1. The molecule has 3 rings (SSSR count). The summed E-state index contributed by atoms with van der Waals surface area (Å²) >= 11 is 0. The first-order valence-electron chi connectivity index (χ1n) is 6.46. The first-order chi connectivity index (χ1) is 9.78. The van der Waals surface area contributed by atoms with Crippen molar-refractivity contribution in [1.29, 1.82) is 5.26 Å². The summed E-state index contributed by atoms with van der Waals surface area (Å²) in [5, 5.41) is 12.4. The molecular formula is C16H13FN2O. The molecule has 0 spiro atoms. The Labute approximate surface area is 116 Å². The zero-order valence-corrected chi connectivity index (χ0v) is 10.8. The van der Waals surface area contributed by atoms with E-state index in [2.05, 4.69) is 5.32 Å². The summed E-state index contributed by atoms with van der Waals surface area (Å²) in [6.07, 6.45) is 0.805. The molecule has 0 saturated heterocycles. The van der Waals surface area contributed by atoms with E-state index in [-0.39, 0.29) is 6.04 Å². The lowest BCUT2D eigenvalue weighted by Crippen LogP contribution is -2.20. The van der Waals surface area contributed by atoms with E-state index in [0.717, 1.165) is 17.7 Å². The van der Waals surface area contributed by atoms with Crippen molar-refractivity contribution in [2.24, 2.45) is 0 Å². The van der Waals surface area contributed by atoms with Crippen molar-refractivity contribution in [3.8, 4) is 11.8 Å². The second kappa shape index (κ2) is 5.22. The third-order valence-corrected chi connectivity index (χ3v) is 3.39. The number of hydrogen-bond acceptors (Lipinski definition) is 3. The molecular weight excluding hydrogens is 255 g/mol. The molecule has 1 heterocycles. The van der Waals surface area contributed by atoms with Gasteiger partial charge in [-0.1, -0.05) is 18.2 Å². The quantitative estimate of drug-likeness (QED) is 0.904. The van der Waals surface area contributed by atoms with Gasteiger partial charge in [0, 0.05) is 12.0 Å². The molecule has 1 aliphatic rings. The molecule has 0 radical (unpaired) electrons. The monoisotopic (exact) mass is 268 g/mol. The van der Waals surface area contributed by atoms with Crippen molar-refractivity contribution in [3.63, 3.8) is 0 Å². The number of para-hydroxylation sites is 1. The van der Waals surface area contributed by atoms with E-state index in [0.29, 0.717) is 17.9 Å². The van der Waals surface area contributed by atoms with Gasteiger partial charge in [0.1, 0.15) is 17.6 Å². The Bertz CT molecular complexity index is 678. The number of halogens is 1. The third-order valence-electron chi connectivity index (χ3n) is 3.39. The lowest BCUT2D eigenvalue weighted by Gasteiger charge is -2.27. The van der Waals surface area contributed by atoms with Crippen LogP contribution in [0.4, 0.5) is 10.1 Å². The topological polar surface area (TPSA) is 45.0 Å². The predicted octanol–water partition coefficient (Wildman–Crippen LogP) is 3.63. The van der Waals surface area contributed by atoms with Gasteiger partial charge in [0.05, 0.1) is 23.9 Å². The maximum Gasteiger partial charge on any atom is 0.124 e. The van der Waals surface area contributed by atoms with Crippen LogP contribution in [0.15, 0.2) is 42.5 Å². The molecule has 3 nitrogen and oxygen atoms in total. The highest BCUT2D eigenvalue weighted by atomic mass is 19.1. The van der Waals surface area contributed by atoms with Gasteiger partial charge in [0.2, 0.25) is 0 Å². The first kappa shape index (κ1) is 12.5. The van der Waals surface area contributed by atoms with Crippen LogP contribution in [0.25, 0.3) is 0 Å². The molecule has 0 fully saturated rings. The van der Waals surface area contributed by atoms with Gasteiger partial charge in [0.25, 0.3) is 0 Å². The fraction of sp³-hybridized carbons (Fsp3) is 0.188. The smallest absolute Gasteiger partial charge is 0.124 e. The number of anilines is 1. The number of ether oxygens (including phenoxy) is 1. The highest BCUT2D eigenvalue weighted by molar-refractivity contribution is 5.59. The van der Waals surface area contributed by atoms with Crippen LogP contribution in [0.5, 0.6) is 5.75 Å². The number of nitriles is 1. The third kappa shape index (κ3) is 2.30. The Kier molecular flexibility index (Phi) is 3.26. The summed E-state index contributed by atoms with van der Waals surface area (Å²) in [6.45, 7) is 0.623. The average Bonchev–Trinajstić information content (AvgIpc) is 2.49. The minimum Gasteiger partial charge on any atom is -0.493 e. The van der Waals surface area contributed by atoms with Crippen LogP contribution in [-0.2, 0) is 0 Å². The van der Waals surface area contributed by atoms with E-state index in [4.69, 9.17) is 10.00 Å². The van der Waals surface area contributed by atoms with Crippen molar-refractivity contribution < 1.29 is 9.13 Å². The van der Waals surface area contributed by atoms with E-state index in [9.17, 15) is 4.39 Å². The van der Waals surface area contributed by atoms with Crippen LogP contribution in [0.3, 0.4) is 0 Å². The molecule has 0 saturated carbocycles. The molecule has 0 bridgehead atoms. The molecule has 1 N–H and O–H groups in total. The Morgan fingerprint density at radius 1 is 1.25 bits per heavy atom. The Morgan fingerprint density at radius 3 is 2.95 bits per heavy atom. The molecule has 4 heteroatoms. The van der Waals surface area contributed by atoms with Gasteiger partial charge in [-0.15, -0.1) is 0 Å². The van der Waals surface area contributed by atoms with Crippen LogP contribution < -0.4 is 10.1 Å². The van der Waals surface area contributed by atoms with E-state index in [1.165, 1.54) is 12.1 Å². The SMILES string of the molecule is N#Cc1cc(F)ccc1NC1CCOc2ccccc21. The lowest BCUT2D eigenvalue weighted by molar-refractivity contribution is 0.274. The molecule has 1 atom stereocenters. The summed E-state index contributed by atoms with van der Waals surface area (Å²) in [5.41, 5.74) is 2.02. The largest absolute Gasteiger partial charge is 0.493 e. The fourth-order valence-electron chi connectivity index (χ4n) is 2.41. The molecule has 0 amide bonds. The minimum absolute atomic E-state index is 0.0671. The zero-order valence-electron chi connectivity index (χ0n) is 10.8. The number of hydrogen-bond donors (Lipinski definition) is 1. The highest BCUT2D eigenvalue weighted by Crippen LogP contribution is 2.34. The maximum atomic E-state index is 13.2. The van der Waals surface area contributed by atoms with Gasteiger partial charge in [-0.2, -0.15) is 5.26 Å². The van der Waals surface area contributed by atoms with Gasteiger partial charge in [0.15, 0.2) is 0 Å². The van der Waals surface area contributed by atoms with Crippen molar-refractivity contribution in [3.05, 3.63) is 59.4 Å². The standard InChI is InChI=1S/C16H13FN2O/c17-12-5-6-14(11(9-12)10-18)19-15-7-8-20-16-4-2-1-3-13(15)16/h1-6,9,15,19H,7-8H2. The number of nitrogens with one attached hydrogen (secondary N) is 1. The highest BCUT2D eigenvalue weighted by Gasteiger charge is 2.21. The second-order valence-corrected chi connectivity index (χ2v) is 4.67. The zero-order chi connectivity index (χ0) is 13.9. The molecule has 2 aromatic carbocycles. The summed E-state index contributed by atoms with van der Waals surface area (Å²) in [4.78, 5) is 0. The normalized spacial score (nSPS) is 16.7. The predicted molar refractivity (Wildman–Crippen MR) is 74.0 cm³/mol. The Balaban J connectivity index is 1.92. The molecule has 1 unspecified atom stereocenters. The summed E-state index contributed by atoms with van der Waals surface area (Å²) in [7, 11) is 0. The maximum absolute atomic E-state index is 13.2. The van der Waals surface area contributed by atoms with Gasteiger partial charge in [-0.3, -0.25) is 0 Å². The van der Waals surface area contributed by atoms with E-state index in [1.807, 2.05) is 30.3 Å². The van der Waals surface area contributed by atoms with E-state index in [1.54, 1.807) is 6.07 Å². The van der Waals surface area contributed by atoms with Crippen molar-refractivity contribution >= 4 is 5.69 Å². The van der Waals surface area contributed by atoms with Gasteiger partial charge >= 0.3 is 0 Å². The van der Waals surface area contributed by atoms with Crippen molar-refractivity contribution in [2.75, 3.05) is 11.9 Å². The van der Waals surface area contributed by atoms with E-state index >= 15 is 0 Å². The fourth-order valence-corrected chi connectivity index (χ4v) is 2.41. The lowest BCUT2D eigenvalue weighted by atomic mass is 10.00. The molecule has 100 valence electrons. The van der Waals surface area contributed by atoms with Crippen LogP contribution >= 0.6 is 0 Å². The van der Waals surface area contributed by atoms with E-state index < -0.39 is 5.82 Å². The average molecular weight is 268 g/mol. The number of nitrogens with zero attached hydrogens (tertiary/aromatic N) is 1. The van der Waals surface area contributed by atoms with Crippen LogP contribution in [-0.4, -0.2) is 6.61 Å². The molecule has 2 aromatic rings. The van der Waals surface area contributed by atoms with Crippen LogP contribution in [0, 0.1) is 17.1 Å². The van der Waals surface area contributed by atoms with Crippen LogP contribution in [0.1, 0.15) is 23.6 Å². The Hall–Kier alpha value is -2.54.